The normalized spacial score (nSPS) is 11.2. The number of amides is 1. The van der Waals surface area contributed by atoms with Crippen molar-refractivity contribution in [1.29, 1.82) is 0 Å². The number of ether oxygens (including phenoxy) is 4. The highest BCUT2D eigenvalue weighted by Gasteiger charge is 2.18. The van der Waals surface area contributed by atoms with Gasteiger partial charge in [0, 0.05) is 12.1 Å². The summed E-state index contributed by atoms with van der Waals surface area (Å²) in [4.78, 5) is 35.4. The molecule has 0 heterocycles. The molecule has 0 aromatic heterocycles. The maximum absolute atomic E-state index is 12.2. The number of ketones is 1. The molecule has 2 aromatic rings. The van der Waals surface area contributed by atoms with E-state index in [4.69, 9.17) is 18.9 Å². The van der Waals surface area contributed by atoms with Gasteiger partial charge in [0.2, 0.25) is 0 Å². The highest BCUT2D eigenvalue weighted by molar-refractivity contribution is 5.94. The van der Waals surface area contributed by atoms with Crippen LogP contribution in [0.4, 0.5) is 0 Å². The first-order valence-corrected chi connectivity index (χ1v) is 9.26. The average Bonchev–Trinajstić information content (AvgIpc) is 2.75. The number of Topliss-reactive ketones (excluding diaryl/α,β-unsaturated/α-hetero) is 1. The van der Waals surface area contributed by atoms with Gasteiger partial charge in [-0.05, 0) is 55.8 Å². The summed E-state index contributed by atoms with van der Waals surface area (Å²) in [7, 11) is 3.07. The summed E-state index contributed by atoms with van der Waals surface area (Å²) in [6.45, 7) is 2.82. The van der Waals surface area contributed by atoms with E-state index < -0.39 is 18.0 Å². The Kier molecular flexibility index (Phi) is 8.22. The third-order valence-corrected chi connectivity index (χ3v) is 4.21. The van der Waals surface area contributed by atoms with Crippen LogP contribution in [0.25, 0.3) is 0 Å². The molecule has 0 aliphatic heterocycles. The Balaban J connectivity index is 1.79. The van der Waals surface area contributed by atoms with Crippen molar-refractivity contribution in [1.82, 2.24) is 5.32 Å². The Morgan fingerprint density at radius 2 is 1.63 bits per heavy atom. The zero-order valence-corrected chi connectivity index (χ0v) is 17.4. The first-order chi connectivity index (χ1) is 14.3. The van der Waals surface area contributed by atoms with Gasteiger partial charge in [0.25, 0.3) is 5.91 Å². The SMILES string of the molecule is COc1ccc(CNC(=O)C(C)OC(=O)COc2ccc(C(C)=O)cc2)cc1OC. The van der Waals surface area contributed by atoms with Gasteiger partial charge in [0.05, 0.1) is 14.2 Å². The Hall–Kier alpha value is -3.55. The fourth-order valence-electron chi connectivity index (χ4n) is 2.54. The van der Waals surface area contributed by atoms with Gasteiger partial charge in [-0.25, -0.2) is 4.79 Å². The zero-order valence-electron chi connectivity index (χ0n) is 17.4. The summed E-state index contributed by atoms with van der Waals surface area (Å²) in [5.41, 5.74) is 1.35. The van der Waals surface area contributed by atoms with Crippen LogP contribution in [0.2, 0.25) is 0 Å². The number of rotatable bonds is 10. The molecule has 0 saturated carbocycles. The third-order valence-electron chi connectivity index (χ3n) is 4.21. The predicted octanol–water partition coefficient (Wildman–Crippen LogP) is 2.53. The lowest BCUT2D eigenvalue weighted by molar-refractivity contribution is -0.156. The van der Waals surface area contributed by atoms with Crippen LogP contribution in [0, 0.1) is 0 Å². The van der Waals surface area contributed by atoms with Gasteiger partial charge >= 0.3 is 5.97 Å². The van der Waals surface area contributed by atoms with Gasteiger partial charge in [-0.2, -0.15) is 0 Å². The molecule has 1 N–H and O–H groups in total. The smallest absolute Gasteiger partial charge is 0.344 e. The van der Waals surface area contributed by atoms with Crippen molar-refractivity contribution in [3.8, 4) is 17.2 Å². The number of carbonyl (C=O) groups excluding carboxylic acids is 3. The number of carbonyl (C=O) groups is 3. The van der Waals surface area contributed by atoms with Crippen LogP contribution in [0.15, 0.2) is 42.5 Å². The van der Waals surface area contributed by atoms with Crippen LogP contribution in [-0.4, -0.2) is 44.6 Å². The molecule has 0 fully saturated rings. The van der Waals surface area contributed by atoms with Crippen LogP contribution in [0.1, 0.15) is 29.8 Å². The summed E-state index contributed by atoms with van der Waals surface area (Å²) >= 11 is 0. The molecule has 1 atom stereocenters. The van der Waals surface area contributed by atoms with E-state index in [1.807, 2.05) is 0 Å². The second-order valence-electron chi connectivity index (χ2n) is 6.41. The second kappa shape index (κ2) is 10.8. The standard InChI is InChI=1S/C22H25NO7/c1-14(24)17-6-8-18(9-7-17)29-13-21(25)30-15(2)22(26)23-12-16-5-10-19(27-3)20(11-16)28-4/h5-11,15H,12-13H2,1-4H3,(H,23,26). The molecule has 160 valence electrons. The summed E-state index contributed by atoms with van der Waals surface area (Å²) in [5, 5.41) is 2.70. The van der Waals surface area contributed by atoms with E-state index in [1.54, 1.807) is 49.6 Å². The van der Waals surface area contributed by atoms with E-state index in [0.717, 1.165) is 5.56 Å². The van der Waals surface area contributed by atoms with Crippen molar-refractivity contribution in [2.45, 2.75) is 26.5 Å². The topological polar surface area (TPSA) is 100 Å². The minimum atomic E-state index is -0.985. The Bertz CT molecular complexity index is 893. The minimum absolute atomic E-state index is 0.0612. The number of nitrogens with one attached hydrogen (secondary N) is 1. The molecule has 1 amide bonds. The van der Waals surface area contributed by atoms with E-state index in [0.29, 0.717) is 22.8 Å². The number of esters is 1. The first kappa shape index (κ1) is 22.7. The minimum Gasteiger partial charge on any atom is -0.493 e. The molecule has 2 rings (SSSR count). The number of hydrogen-bond donors (Lipinski definition) is 1. The van der Waals surface area contributed by atoms with E-state index in [-0.39, 0.29) is 18.9 Å². The van der Waals surface area contributed by atoms with Crippen molar-refractivity contribution in [2.75, 3.05) is 20.8 Å². The second-order valence-corrected chi connectivity index (χ2v) is 6.41. The third kappa shape index (κ3) is 6.51. The maximum Gasteiger partial charge on any atom is 0.344 e. The average molecular weight is 415 g/mol. The largest absolute Gasteiger partial charge is 0.493 e. The summed E-state index contributed by atoms with van der Waals surface area (Å²) in [6, 6.07) is 11.7. The lowest BCUT2D eigenvalue weighted by atomic mass is 10.1. The lowest BCUT2D eigenvalue weighted by Gasteiger charge is -2.15. The molecule has 0 saturated heterocycles. The molecule has 2 aromatic carbocycles. The van der Waals surface area contributed by atoms with Crippen LogP contribution in [-0.2, 0) is 20.9 Å². The lowest BCUT2D eigenvalue weighted by Crippen LogP contribution is -2.36. The first-order valence-electron chi connectivity index (χ1n) is 9.26. The molecule has 8 heteroatoms. The maximum atomic E-state index is 12.2. The zero-order chi connectivity index (χ0) is 22.1. The van der Waals surface area contributed by atoms with Gasteiger partial charge < -0.3 is 24.3 Å². The monoisotopic (exact) mass is 415 g/mol. The van der Waals surface area contributed by atoms with Crippen molar-refractivity contribution >= 4 is 17.7 Å². The van der Waals surface area contributed by atoms with Gasteiger partial charge in [-0.3, -0.25) is 9.59 Å². The van der Waals surface area contributed by atoms with Gasteiger partial charge in [0.1, 0.15) is 5.75 Å². The number of methoxy groups -OCH3 is 2. The molecule has 0 spiro atoms. The van der Waals surface area contributed by atoms with Crippen LogP contribution in [0.5, 0.6) is 17.2 Å². The van der Waals surface area contributed by atoms with Crippen molar-refractivity contribution < 1.29 is 33.3 Å². The molecule has 0 aliphatic carbocycles. The van der Waals surface area contributed by atoms with Crippen molar-refractivity contribution in [2.24, 2.45) is 0 Å². The Labute approximate surface area is 175 Å². The van der Waals surface area contributed by atoms with Crippen molar-refractivity contribution in [3.63, 3.8) is 0 Å². The molecular formula is C22H25NO7. The molecule has 8 nitrogen and oxygen atoms in total. The van der Waals surface area contributed by atoms with Gasteiger partial charge in [-0.1, -0.05) is 6.07 Å². The molecule has 0 aliphatic rings. The van der Waals surface area contributed by atoms with Crippen LogP contribution in [0.3, 0.4) is 0 Å². The highest BCUT2D eigenvalue weighted by Crippen LogP contribution is 2.27. The fraction of sp³-hybridized carbons (Fsp3) is 0.318. The van der Waals surface area contributed by atoms with E-state index in [9.17, 15) is 14.4 Å². The number of hydrogen-bond acceptors (Lipinski definition) is 7. The molecule has 0 radical (unpaired) electrons. The quantitative estimate of drug-likeness (QED) is 0.470. The molecule has 0 bridgehead atoms. The molecule has 30 heavy (non-hydrogen) atoms. The summed E-state index contributed by atoms with van der Waals surface area (Å²) < 4.78 is 20.8. The Morgan fingerprint density at radius 1 is 0.967 bits per heavy atom. The number of benzene rings is 2. The predicted molar refractivity (Wildman–Crippen MR) is 109 cm³/mol. The van der Waals surface area contributed by atoms with E-state index in [1.165, 1.54) is 21.0 Å². The summed E-state index contributed by atoms with van der Waals surface area (Å²) in [5.74, 6) is 0.378. The molecular weight excluding hydrogens is 390 g/mol. The van der Waals surface area contributed by atoms with Gasteiger partial charge in [-0.15, -0.1) is 0 Å². The van der Waals surface area contributed by atoms with E-state index >= 15 is 0 Å². The van der Waals surface area contributed by atoms with Gasteiger partial charge in [0.15, 0.2) is 30.0 Å². The fourth-order valence-corrected chi connectivity index (χ4v) is 2.54. The van der Waals surface area contributed by atoms with Crippen molar-refractivity contribution in [3.05, 3.63) is 53.6 Å². The van der Waals surface area contributed by atoms with Crippen LogP contribution >= 0.6 is 0 Å². The summed E-state index contributed by atoms with van der Waals surface area (Å²) in [6.07, 6.45) is -0.985. The highest BCUT2D eigenvalue weighted by atomic mass is 16.6. The Morgan fingerprint density at radius 3 is 2.23 bits per heavy atom. The van der Waals surface area contributed by atoms with Crippen LogP contribution < -0.4 is 19.5 Å². The van der Waals surface area contributed by atoms with E-state index in [2.05, 4.69) is 5.32 Å². The molecule has 1 unspecified atom stereocenters.